The second-order valence-electron chi connectivity index (χ2n) is 8.45. The summed E-state index contributed by atoms with van der Waals surface area (Å²) in [6, 6.07) is 25.5. The van der Waals surface area contributed by atoms with Crippen molar-refractivity contribution in [3.63, 3.8) is 0 Å². The zero-order valence-corrected chi connectivity index (χ0v) is 19.0. The number of rotatable bonds is 5. The lowest BCUT2D eigenvalue weighted by atomic mass is 10.00. The number of hydrogen-bond donors (Lipinski definition) is 0. The van der Waals surface area contributed by atoms with Gasteiger partial charge in [0.05, 0.1) is 5.69 Å². The van der Waals surface area contributed by atoms with Crippen molar-refractivity contribution in [3.05, 3.63) is 107 Å². The molecule has 0 fully saturated rings. The molecule has 2 heterocycles. The molecule has 0 saturated heterocycles. The minimum Gasteiger partial charge on any atom is -0.452 e. The molecule has 0 saturated carbocycles. The molecule has 1 aromatic heterocycles. The molecule has 0 aliphatic carbocycles. The molecule has 4 aromatic rings. The molecule has 6 heteroatoms. The SMILES string of the molecule is Cc1ccc(-c2nn(-c3ccccc3)cc2C(=O)OCC(=O)N2CCc3ccccc3C2)cc1. The Morgan fingerprint density at radius 2 is 1.62 bits per heavy atom. The lowest BCUT2D eigenvalue weighted by molar-refractivity contribution is -0.135. The molecule has 1 aliphatic heterocycles. The summed E-state index contributed by atoms with van der Waals surface area (Å²) in [5.41, 5.74) is 6.00. The van der Waals surface area contributed by atoms with E-state index in [4.69, 9.17) is 4.74 Å². The molecule has 0 unspecified atom stereocenters. The number of carbonyl (C=O) groups is 2. The Hall–Kier alpha value is -4.19. The second kappa shape index (κ2) is 9.35. The van der Waals surface area contributed by atoms with Crippen LogP contribution in [0.15, 0.2) is 85.1 Å². The second-order valence-corrected chi connectivity index (χ2v) is 8.45. The van der Waals surface area contributed by atoms with E-state index in [1.165, 1.54) is 5.56 Å². The van der Waals surface area contributed by atoms with Gasteiger partial charge in [-0.05, 0) is 36.6 Å². The average molecular weight is 452 g/mol. The van der Waals surface area contributed by atoms with Crippen LogP contribution in [0.4, 0.5) is 0 Å². The monoisotopic (exact) mass is 451 g/mol. The fourth-order valence-electron chi connectivity index (χ4n) is 4.17. The third-order valence-electron chi connectivity index (χ3n) is 6.09. The first-order valence-electron chi connectivity index (χ1n) is 11.3. The smallest absolute Gasteiger partial charge is 0.342 e. The maximum Gasteiger partial charge on any atom is 0.342 e. The molecule has 6 nitrogen and oxygen atoms in total. The van der Waals surface area contributed by atoms with Crippen molar-refractivity contribution >= 4 is 11.9 Å². The predicted octanol–water partition coefficient (Wildman–Crippen LogP) is 4.59. The summed E-state index contributed by atoms with van der Waals surface area (Å²) in [7, 11) is 0. The first-order chi connectivity index (χ1) is 16.6. The van der Waals surface area contributed by atoms with Crippen molar-refractivity contribution in [1.82, 2.24) is 14.7 Å². The van der Waals surface area contributed by atoms with Gasteiger partial charge < -0.3 is 9.64 Å². The van der Waals surface area contributed by atoms with Crippen LogP contribution >= 0.6 is 0 Å². The molecule has 0 radical (unpaired) electrons. The molecular weight excluding hydrogens is 426 g/mol. The van der Waals surface area contributed by atoms with Crippen LogP contribution in [0.25, 0.3) is 16.9 Å². The van der Waals surface area contributed by atoms with Crippen molar-refractivity contribution < 1.29 is 14.3 Å². The fraction of sp³-hybridized carbons (Fsp3) is 0.179. The zero-order valence-electron chi connectivity index (χ0n) is 19.0. The maximum absolute atomic E-state index is 13.1. The summed E-state index contributed by atoms with van der Waals surface area (Å²) in [4.78, 5) is 27.6. The summed E-state index contributed by atoms with van der Waals surface area (Å²) in [6.45, 7) is 2.86. The number of hydrogen-bond acceptors (Lipinski definition) is 4. The molecule has 34 heavy (non-hydrogen) atoms. The number of nitrogens with zero attached hydrogens (tertiary/aromatic N) is 3. The van der Waals surface area contributed by atoms with E-state index >= 15 is 0 Å². The third kappa shape index (κ3) is 4.48. The Bertz CT molecular complexity index is 1330. The summed E-state index contributed by atoms with van der Waals surface area (Å²) in [5.74, 6) is -0.765. The minimum absolute atomic E-state index is 0.199. The number of carbonyl (C=O) groups excluding carboxylic acids is 2. The Balaban J connectivity index is 1.35. The van der Waals surface area contributed by atoms with Gasteiger partial charge in [-0.2, -0.15) is 5.10 Å². The van der Waals surface area contributed by atoms with Crippen molar-refractivity contribution in [2.45, 2.75) is 19.9 Å². The van der Waals surface area contributed by atoms with Crippen LogP contribution in [-0.4, -0.2) is 39.7 Å². The largest absolute Gasteiger partial charge is 0.452 e. The number of esters is 1. The highest BCUT2D eigenvalue weighted by atomic mass is 16.5. The van der Waals surface area contributed by atoms with Crippen molar-refractivity contribution in [1.29, 1.82) is 0 Å². The lowest BCUT2D eigenvalue weighted by Gasteiger charge is -2.28. The van der Waals surface area contributed by atoms with E-state index < -0.39 is 5.97 Å². The third-order valence-corrected chi connectivity index (χ3v) is 6.09. The van der Waals surface area contributed by atoms with E-state index in [-0.39, 0.29) is 12.5 Å². The van der Waals surface area contributed by atoms with E-state index in [1.807, 2.05) is 79.7 Å². The minimum atomic E-state index is -0.566. The Morgan fingerprint density at radius 1 is 0.912 bits per heavy atom. The summed E-state index contributed by atoms with van der Waals surface area (Å²) >= 11 is 0. The summed E-state index contributed by atoms with van der Waals surface area (Å²) < 4.78 is 7.14. The van der Waals surface area contributed by atoms with Crippen LogP contribution in [0.5, 0.6) is 0 Å². The predicted molar refractivity (Wildman–Crippen MR) is 130 cm³/mol. The average Bonchev–Trinajstić information content (AvgIpc) is 3.33. The van der Waals surface area contributed by atoms with E-state index in [0.29, 0.717) is 24.3 Å². The van der Waals surface area contributed by atoms with Gasteiger partial charge in [-0.3, -0.25) is 4.79 Å². The molecule has 0 spiro atoms. The number of fused-ring (bicyclic) bond motifs is 1. The summed E-state index contributed by atoms with van der Waals surface area (Å²) in [6.07, 6.45) is 2.46. The molecule has 0 atom stereocenters. The van der Waals surface area contributed by atoms with Gasteiger partial charge in [-0.15, -0.1) is 0 Å². The standard InChI is InChI=1S/C28H25N3O3/c1-20-11-13-22(14-12-20)27-25(18-31(29-27)24-9-3-2-4-10-24)28(33)34-19-26(32)30-16-15-21-7-5-6-8-23(21)17-30/h2-14,18H,15-17,19H2,1H3. The number of para-hydroxylation sites is 1. The first-order valence-corrected chi connectivity index (χ1v) is 11.3. The van der Waals surface area contributed by atoms with E-state index in [2.05, 4.69) is 11.2 Å². The number of aryl methyl sites for hydroxylation is 1. The molecule has 0 bridgehead atoms. The first kappa shape index (κ1) is 21.6. The van der Waals surface area contributed by atoms with Crippen LogP contribution in [0.3, 0.4) is 0 Å². The zero-order chi connectivity index (χ0) is 23.5. The van der Waals surface area contributed by atoms with Crippen molar-refractivity contribution in [2.75, 3.05) is 13.2 Å². The van der Waals surface area contributed by atoms with Gasteiger partial charge in [-0.1, -0.05) is 72.3 Å². The number of aromatic nitrogens is 2. The van der Waals surface area contributed by atoms with Gasteiger partial charge >= 0.3 is 5.97 Å². The lowest BCUT2D eigenvalue weighted by Crippen LogP contribution is -2.38. The fourth-order valence-corrected chi connectivity index (χ4v) is 4.17. The van der Waals surface area contributed by atoms with Gasteiger partial charge in [0.1, 0.15) is 11.3 Å². The van der Waals surface area contributed by atoms with Crippen LogP contribution in [-0.2, 0) is 22.5 Å². The number of ether oxygens (including phenoxy) is 1. The van der Waals surface area contributed by atoms with Crippen LogP contribution in [0.2, 0.25) is 0 Å². The topological polar surface area (TPSA) is 64.4 Å². The van der Waals surface area contributed by atoms with E-state index in [0.717, 1.165) is 28.8 Å². The highest BCUT2D eigenvalue weighted by Crippen LogP contribution is 2.25. The van der Waals surface area contributed by atoms with E-state index in [9.17, 15) is 9.59 Å². The van der Waals surface area contributed by atoms with Gasteiger partial charge in [0.2, 0.25) is 0 Å². The molecule has 0 N–H and O–H groups in total. The molecule has 1 aliphatic rings. The summed E-state index contributed by atoms with van der Waals surface area (Å²) in [5, 5.41) is 4.66. The number of amides is 1. The quantitative estimate of drug-likeness (QED) is 0.417. The van der Waals surface area contributed by atoms with Crippen molar-refractivity contribution in [2.24, 2.45) is 0 Å². The van der Waals surface area contributed by atoms with Gasteiger partial charge in [0.25, 0.3) is 5.91 Å². The highest BCUT2D eigenvalue weighted by Gasteiger charge is 2.24. The Labute approximate surface area is 198 Å². The van der Waals surface area contributed by atoms with Gasteiger partial charge in [-0.25, -0.2) is 9.48 Å². The highest BCUT2D eigenvalue weighted by molar-refractivity contribution is 5.97. The molecular formula is C28H25N3O3. The van der Waals surface area contributed by atoms with Gasteiger partial charge in [0.15, 0.2) is 6.61 Å². The van der Waals surface area contributed by atoms with Crippen molar-refractivity contribution in [3.8, 4) is 16.9 Å². The molecule has 1 amide bonds. The van der Waals surface area contributed by atoms with E-state index in [1.54, 1.807) is 15.8 Å². The van der Waals surface area contributed by atoms with Crippen LogP contribution < -0.4 is 0 Å². The Morgan fingerprint density at radius 3 is 2.38 bits per heavy atom. The van der Waals surface area contributed by atoms with Gasteiger partial charge in [0, 0.05) is 24.8 Å². The maximum atomic E-state index is 13.1. The molecule has 170 valence electrons. The Kier molecular flexibility index (Phi) is 5.95. The van der Waals surface area contributed by atoms with Crippen LogP contribution in [0.1, 0.15) is 27.0 Å². The number of benzene rings is 3. The normalized spacial score (nSPS) is 12.8. The molecule has 5 rings (SSSR count). The van der Waals surface area contributed by atoms with Crippen LogP contribution in [0, 0.1) is 6.92 Å². The molecule has 3 aromatic carbocycles.